The van der Waals surface area contributed by atoms with Crippen LogP contribution < -0.4 is 0 Å². The van der Waals surface area contributed by atoms with Crippen LogP contribution in [-0.4, -0.2) is 16.3 Å². The highest BCUT2D eigenvalue weighted by Crippen LogP contribution is 2.43. The van der Waals surface area contributed by atoms with Crippen molar-refractivity contribution in [3.8, 4) is 0 Å². The van der Waals surface area contributed by atoms with E-state index in [4.69, 9.17) is 0 Å². The fourth-order valence-corrected chi connectivity index (χ4v) is 4.33. The summed E-state index contributed by atoms with van der Waals surface area (Å²) in [6.45, 7) is 1.73. The van der Waals surface area contributed by atoms with Gasteiger partial charge in [-0.15, -0.1) is 0 Å². The molecule has 4 aromatic carbocycles. The van der Waals surface area contributed by atoms with Crippen molar-refractivity contribution in [1.29, 1.82) is 0 Å². The van der Waals surface area contributed by atoms with Gasteiger partial charge in [-0.3, -0.25) is 0 Å². The fourth-order valence-electron chi connectivity index (χ4n) is 4.33. The summed E-state index contributed by atoms with van der Waals surface area (Å²) in [7, 11) is 0. The Kier molecular flexibility index (Phi) is 2.44. The van der Waals surface area contributed by atoms with E-state index in [0.717, 1.165) is 17.4 Å². The molecule has 114 valence electrons. The molecular formula is C21H18O2. The van der Waals surface area contributed by atoms with Crippen LogP contribution in [-0.2, 0) is 12.0 Å². The van der Waals surface area contributed by atoms with Gasteiger partial charge in [0, 0.05) is 0 Å². The molecule has 0 bridgehead atoms. The van der Waals surface area contributed by atoms with Gasteiger partial charge >= 0.3 is 0 Å². The molecule has 2 N–H and O–H groups in total. The fraction of sp³-hybridized carbons (Fsp3) is 0.238. The van der Waals surface area contributed by atoms with Crippen LogP contribution >= 0.6 is 0 Å². The zero-order valence-corrected chi connectivity index (χ0v) is 13.0. The zero-order chi connectivity index (χ0) is 15.8. The van der Waals surface area contributed by atoms with E-state index in [1.165, 1.54) is 32.5 Å². The highest BCUT2D eigenvalue weighted by Gasteiger charge is 2.38. The summed E-state index contributed by atoms with van der Waals surface area (Å²) in [6.07, 6.45) is 0.702. The van der Waals surface area contributed by atoms with Crippen molar-refractivity contribution >= 4 is 32.3 Å². The molecule has 0 aliphatic heterocycles. The summed E-state index contributed by atoms with van der Waals surface area (Å²) in [4.78, 5) is 0. The predicted octanol–water partition coefficient (Wildman–Crippen LogP) is 4.10. The van der Waals surface area contributed by atoms with E-state index in [1.54, 1.807) is 6.92 Å². The molecular weight excluding hydrogens is 284 g/mol. The Morgan fingerprint density at radius 2 is 1.65 bits per heavy atom. The minimum Gasteiger partial charge on any atom is -0.390 e. The van der Waals surface area contributed by atoms with Gasteiger partial charge < -0.3 is 10.2 Å². The molecule has 0 aromatic heterocycles. The SMILES string of the molecule is C[C@]1(O)c2cc3ccc4cccc5ccc(c2CC[C@H]1O)c3c45. The lowest BCUT2D eigenvalue weighted by Gasteiger charge is -2.37. The summed E-state index contributed by atoms with van der Waals surface area (Å²) in [5.41, 5.74) is 0.881. The first kappa shape index (κ1) is 13.3. The second-order valence-corrected chi connectivity index (χ2v) is 6.96. The lowest BCUT2D eigenvalue weighted by molar-refractivity contribution is -0.0762. The van der Waals surface area contributed by atoms with Crippen molar-refractivity contribution in [2.24, 2.45) is 0 Å². The first-order valence-corrected chi connectivity index (χ1v) is 8.18. The number of fused-ring (bicyclic) bond motifs is 2. The molecule has 4 aromatic rings. The lowest BCUT2D eigenvalue weighted by atomic mass is 9.75. The normalized spacial score (nSPS) is 24.6. The van der Waals surface area contributed by atoms with Crippen LogP contribution in [0.3, 0.4) is 0 Å². The second-order valence-electron chi connectivity index (χ2n) is 6.96. The summed E-state index contributed by atoms with van der Waals surface area (Å²) < 4.78 is 0. The Morgan fingerprint density at radius 1 is 0.957 bits per heavy atom. The monoisotopic (exact) mass is 302 g/mol. The van der Waals surface area contributed by atoms with Crippen molar-refractivity contribution in [3.05, 3.63) is 59.7 Å². The van der Waals surface area contributed by atoms with Crippen LogP contribution in [0.2, 0.25) is 0 Å². The second kappa shape index (κ2) is 4.22. The number of aliphatic hydroxyl groups excluding tert-OH is 1. The molecule has 1 aliphatic rings. The van der Waals surface area contributed by atoms with Gasteiger partial charge in [-0.25, -0.2) is 0 Å². The highest BCUT2D eigenvalue weighted by atomic mass is 16.3. The van der Waals surface area contributed by atoms with Gasteiger partial charge in [-0.2, -0.15) is 0 Å². The zero-order valence-electron chi connectivity index (χ0n) is 13.0. The Bertz CT molecular complexity index is 1050. The quantitative estimate of drug-likeness (QED) is 0.480. The highest BCUT2D eigenvalue weighted by molar-refractivity contribution is 6.23. The minimum atomic E-state index is -1.18. The average molecular weight is 302 g/mol. The van der Waals surface area contributed by atoms with Gasteiger partial charge in [-0.1, -0.05) is 42.5 Å². The molecule has 5 rings (SSSR count). The van der Waals surface area contributed by atoms with Crippen LogP contribution in [0.15, 0.2) is 48.5 Å². The van der Waals surface area contributed by atoms with E-state index in [9.17, 15) is 10.2 Å². The molecule has 0 unspecified atom stereocenters. The molecule has 0 amide bonds. The van der Waals surface area contributed by atoms with E-state index in [-0.39, 0.29) is 0 Å². The number of hydrogen-bond acceptors (Lipinski definition) is 2. The number of aryl methyl sites for hydroxylation is 1. The van der Waals surface area contributed by atoms with Gasteiger partial charge in [-0.05, 0) is 69.3 Å². The Hall–Kier alpha value is -2.16. The first-order valence-electron chi connectivity index (χ1n) is 8.18. The van der Waals surface area contributed by atoms with Crippen LogP contribution in [0.4, 0.5) is 0 Å². The van der Waals surface area contributed by atoms with Gasteiger partial charge in [0.15, 0.2) is 0 Å². The molecule has 23 heavy (non-hydrogen) atoms. The third-order valence-corrected chi connectivity index (χ3v) is 5.62. The van der Waals surface area contributed by atoms with Crippen LogP contribution in [0.25, 0.3) is 32.3 Å². The maximum Gasteiger partial charge on any atom is 0.113 e. The first-order chi connectivity index (χ1) is 11.1. The summed E-state index contributed by atoms with van der Waals surface area (Å²) >= 11 is 0. The Labute approximate surface area is 134 Å². The van der Waals surface area contributed by atoms with Crippen LogP contribution in [0, 0.1) is 0 Å². The number of rotatable bonds is 0. The van der Waals surface area contributed by atoms with E-state index in [1.807, 2.05) is 0 Å². The number of aliphatic hydroxyl groups is 2. The Balaban J connectivity index is 2.02. The molecule has 0 saturated carbocycles. The van der Waals surface area contributed by atoms with Crippen LogP contribution in [0.5, 0.6) is 0 Å². The Morgan fingerprint density at radius 3 is 2.43 bits per heavy atom. The number of benzene rings is 4. The van der Waals surface area contributed by atoms with Gasteiger partial charge in [0.25, 0.3) is 0 Å². The summed E-state index contributed by atoms with van der Waals surface area (Å²) in [6, 6.07) is 17.1. The van der Waals surface area contributed by atoms with Crippen molar-refractivity contribution in [2.75, 3.05) is 0 Å². The molecule has 1 aliphatic carbocycles. The summed E-state index contributed by atoms with van der Waals surface area (Å²) in [5, 5.41) is 28.5. The van der Waals surface area contributed by atoms with Gasteiger partial charge in [0.05, 0.1) is 6.10 Å². The smallest absolute Gasteiger partial charge is 0.113 e. The molecule has 2 atom stereocenters. The minimum absolute atomic E-state index is 0.601. The van der Waals surface area contributed by atoms with Crippen molar-refractivity contribution in [1.82, 2.24) is 0 Å². The average Bonchev–Trinajstić information content (AvgIpc) is 2.56. The van der Waals surface area contributed by atoms with E-state index < -0.39 is 11.7 Å². The van der Waals surface area contributed by atoms with E-state index in [2.05, 4.69) is 48.5 Å². The molecule has 2 heteroatoms. The van der Waals surface area contributed by atoms with Gasteiger partial charge in [0.2, 0.25) is 0 Å². The third-order valence-electron chi connectivity index (χ3n) is 5.62. The largest absolute Gasteiger partial charge is 0.390 e. The van der Waals surface area contributed by atoms with Crippen molar-refractivity contribution in [3.63, 3.8) is 0 Å². The van der Waals surface area contributed by atoms with Crippen LogP contribution in [0.1, 0.15) is 24.5 Å². The van der Waals surface area contributed by atoms with Crippen molar-refractivity contribution in [2.45, 2.75) is 31.5 Å². The molecule has 0 saturated heterocycles. The van der Waals surface area contributed by atoms with E-state index in [0.29, 0.717) is 6.42 Å². The third kappa shape index (κ3) is 1.60. The number of hydrogen-bond donors (Lipinski definition) is 2. The van der Waals surface area contributed by atoms with E-state index >= 15 is 0 Å². The molecule has 2 nitrogen and oxygen atoms in total. The standard InChI is InChI=1S/C21H18O2/c1-21(23)17-11-14-6-5-12-3-2-4-13-7-8-16(20(14)19(12)13)15(17)9-10-18(21)22/h2-8,11,18,22-23H,9-10H2,1H3/t18-,21+/m1/s1. The predicted molar refractivity (Wildman–Crippen MR) is 94.0 cm³/mol. The molecule has 0 radical (unpaired) electrons. The lowest BCUT2D eigenvalue weighted by Crippen LogP contribution is -2.40. The van der Waals surface area contributed by atoms with Gasteiger partial charge in [0.1, 0.15) is 5.60 Å². The molecule has 0 fully saturated rings. The maximum absolute atomic E-state index is 10.8. The maximum atomic E-state index is 10.8. The topological polar surface area (TPSA) is 40.5 Å². The van der Waals surface area contributed by atoms with Crippen molar-refractivity contribution < 1.29 is 10.2 Å². The molecule has 0 spiro atoms. The molecule has 0 heterocycles. The summed E-state index contributed by atoms with van der Waals surface area (Å²) in [5.74, 6) is 0.